The minimum Gasteiger partial charge on any atom is -0.338 e. The molecular formula is C23H27N5O2S. The van der Waals surface area contributed by atoms with Gasteiger partial charge in [-0.3, -0.25) is 19.1 Å². The quantitative estimate of drug-likeness (QED) is 0.611. The van der Waals surface area contributed by atoms with Crippen LogP contribution in [-0.2, 0) is 17.8 Å². The van der Waals surface area contributed by atoms with E-state index in [-0.39, 0.29) is 23.4 Å². The topological polar surface area (TPSA) is 71.3 Å². The molecule has 0 saturated carbocycles. The molecule has 162 valence electrons. The Labute approximate surface area is 185 Å². The van der Waals surface area contributed by atoms with E-state index in [1.807, 2.05) is 32.2 Å². The summed E-state index contributed by atoms with van der Waals surface area (Å²) in [7, 11) is 2.05. The minimum atomic E-state index is -0.160. The number of anilines is 1. The molecule has 0 radical (unpaired) electrons. The molecule has 0 amide bonds. The summed E-state index contributed by atoms with van der Waals surface area (Å²) in [6.07, 6.45) is 3.08. The summed E-state index contributed by atoms with van der Waals surface area (Å²) >= 11 is 1.44. The molecule has 1 fully saturated rings. The largest absolute Gasteiger partial charge is 0.338 e. The Morgan fingerprint density at radius 3 is 2.84 bits per heavy atom. The number of fused-ring (bicyclic) bond motifs is 2. The molecule has 7 nitrogen and oxygen atoms in total. The highest BCUT2D eigenvalue weighted by atomic mass is 32.1. The lowest BCUT2D eigenvalue weighted by Crippen LogP contribution is -2.40. The first-order valence-corrected chi connectivity index (χ1v) is 11.8. The van der Waals surface area contributed by atoms with E-state index < -0.39 is 0 Å². The third kappa shape index (κ3) is 3.78. The summed E-state index contributed by atoms with van der Waals surface area (Å²) < 4.78 is 1.79. The number of aromatic nitrogens is 3. The molecule has 1 aromatic carbocycles. The Hall–Kier alpha value is -2.58. The van der Waals surface area contributed by atoms with Crippen molar-refractivity contribution in [3.8, 4) is 0 Å². The third-order valence-corrected chi connectivity index (χ3v) is 7.32. The summed E-state index contributed by atoms with van der Waals surface area (Å²) in [6, 6.07) is 10.0. The average Bonchev–Trinajstić information content (AvgIpc) is 3.39. The lowest BCUT2D eigenvalue weighted by atomic mass is 10.0. The van der Waals surface area contributed by atoms with Gasteiger partial charge in [0.05, 0.1) is 12.6 Å². The predicted octanol–water partition coefficient (Wildman–Crippen LogP) is 3.03. The van der Waals surface area contributed by atoms with Crippen LogP contribution in [-0.4, -0.2) is 51.4 Å². The maximum Gasteiger partial charge on any atom is 0.281 e. The lowest BCUT2D eigenvalue weighted by molar-refractivity contribution is -0.120. The van der Waals surface area contributed by atoms with Gasteiger partial charge in [-0.25, -0.2) is 9.97 Å². The molecule has 31 heavy (non-hydrogen) atoms. The molecule has 5 rings (SSSR count). The Morgan fingerprint density at radius 2 is 2.03 bits per heavy atom. The molecule has 4 heterocycles. The monoisotopic (exact) mass is 437 g/mol. The van der Waals surface area contributed by atoms with Crippen LogP contribution in [0.4, 0.5) is 5.13 Å². The number of hydrogen-bond donors (Lipinski definition) is 0. The van der Waals surface area contributed by atoms with Gasteiger partial charge in [0, 0.05) is 25.6 Å². The van der Waals surface area contributed by atoms with Gasteiger partial charge in [0.1, 0.15) is 5.82 Å². The Morgan fingerprint density at radius 1 is 1.23 bits per heavy atom. The van der Waals surface area contributed by atoms with Crippen molar-refractivity contribution in [2.45, 2.75) is 51.2 Å². The summed E-state index contributed by atoms with van der Waals surface area (Å²) in [6.45, 7) is 4.32. The normalized spacial score (nSPS) is 21.5. The van der Waals surface area contributed by atoms with E-state index in [4.69, 9.17) is 4.98 Å². The Balaban J connectivity index is 1.41. The molecule has 2 aliphatic rings. The smallest absolute Gasteiger partial charge is 0.281 e. The fourth-order valence-electron chi connectivity index (χ4n) is 4.86. The third-order valence-electron chi connectivity index (χ3n) is 6.33. The van der Waals surface area contributed by atoms with Crippen LogP contribution in [0.25, 0.3) is 10.3 Å². The second-order valence-corrected chi connectivity index (χ2v) is 9.66. The van der Waals surface area contributed by atoms with Gasteiger partial charge in [-0.1, -0.05) is 41.7 Å². The van der Waals surface area contributed by atoms with Crippen molar-refractivity contribution in [1.29, 1.82) is 0 Å². The van der Waals surface area contributed by atoms with Crippen molar-refractivity contribution in [3.05, 3.63) is 52.1 Å². The van der Waals surface area contributed by atoms with Crippen molar-refractivity contribution < 1.29 is 4.79 Å². The van der Waals surface area contributed by atoms with Gasteiger partial charge in [0.15, 0.2) is 21.3 Å². The zero-order valence-corrected chi connectivity index (χ0v) is 18.8. The fraction of sp³-hybridized carbons (Fsp3) is 0.478. The van der Waals surface area contributed by atoms with E-state index in [1.165, 1.54) is 16.9 Å². The van der Waals surface area contributed by atoms with Crippen LogP contribution in [0.1, 0.15) is 43.6 Å². The van der Waals surface area contributed by atoms with E-state index in [0.717, 1.165) is 43.3 Å². The van der Waals surface area contributed by atoms with E-state index in [9.17, 15) is 9.59 Å². The number of aryl methyl sites for hydroxylation is 1. The molecule has 0 aliphatic carbocycles. The molecule has 2 atom stereocenters. The maximum absolute atomic E-state index is 13.2. The van der Waals surface area contributed by atoms with E-state index in [1.54, 1.807) is 4.57 Å². The zero-order valence-electron chi connectivity index (χ0n) is 18.0. The van der Waals surface area contributed by atoms with E-state index in [0.29, 0.717) is 23.3 Å². The van der Waals surface area contributed by atoms with Crippen molar-refractivity contribution in [2.75, 3.05) is 25.0 Å². The summed E-state index contributed by atoms with van der Waals surface area (Å²) in [5.74, 6) is 1.05. The first-order chi connectivity index (χ1) is 15.0. The Bertz CT molecular complexity index is 1170. The number of ketones is 1. The first-order valence-electron chi connectivity index (χ1n) is 10.9. The van der Waals surface area contributed by atoms with Gasteiger partial charge in [-0.2, -0.15) is 0 Å². The number of hydrogen-bond acceptors (Lipinski definition) is 7. The molecule has 2 aromatic heterocycles. The molecule has 0 bridgehead atoms. The number of Topliss-reactive ketones (excluding diaryl/α,β-unsaturated/α-hetero) is 1. The lowest BCUT2D eigenvalue weighted by Gasteiger charge is -2.30. The van der Waals surface area contributed by atoms with Crippen LogP contribution < -0.4 is 10.5 Å². The molecular weight excluding hydrogens is 410 g/mol. The highest BCUT2D eigenvalue weighted by Crippen LogP contribution is 2.33. The number of rotatable bonds is 5. The van der Waals surface area contributed by atoms with E-state index in [2.05, 4.69) is 26.9 Å². The zero-order chi connectivity index (χ0) is 21.5. The second-order valence-electron chi connectivity index (χ2n) is 8.70. The van der Waals surface area contributed by atoms with Gasteiger partial charge in [0.25, 0.3) is 5.56 Å². The van der Waals surface area contributed by atoms with Crippen LogP contribution in [0.5, 0.6) is 0 Å². The van der Waals surface area contributed by atoms with E-state index >= 15 is 0 Å². The number of thiazole rings is 1. The van der Waals surface area contributed by atoms with Crippen molar-refractivity contribution in [2.24, 2.45) is 0 Å². The van der Waals surface area contributed by atoms with Gasteiger partial charge in [-0.05, 0) is 38.8 Å². The standard InChI is InChI=1S/C23H27N5O2S/c1-15-13-26(2)14-19-24-21-20(22(30)28(15)19)25-23(31-21)27-12-6-9-17(27)18(29)11-10-16-7-4-3-5-8-16/h3-5,7-8,15,17H,6,9-14H2,1-2H3/t15-,17-/m1/s1. The molecule has 2 aliphatic heterocycles. The van der Waals surface area contributed by atoms with Crippen molar-refractivity contribution in [3.63, 3.8) is 0 Å². The Kier molecular flexibility index (Phi) is 5.35. The van der Waals surface area contributed by atoms with Crippen LogP contribution >= 0.6 is 11.3 Å². The van der Waals surface area contributed by atoms with Gasteiger partial charge in [-0.15, -0.1) is 0 Å². The SMILES string of the molecule is C[C@@H]1CN(C)Cc2nc3sc(N4CCC[C@@H]4C(=O)CCc4ccccc4)nc3c(=O)n21. The number of benzene rings is 1. The highest BCUT2D eigenvalue weighted by Gasteiger charge is 2.33. The number of carbonyl (C=O) groups is 1. The van der Waals surface area contributed by atoms with Crippen molar-refractivity contribution in [1.82, 2.24) is 19.4 Å². The average molecular weight is 438 g/mol. The number of nitrogens with zero attached hydrogens (tertiary/aromatic N) is 5. The fourth-order valence-corrected chi connectivity index (χ4v) is 5.88. The first kappa shape index (κ1) is 20.3. The van der Waals surface area contributed by atoms with Crippen LogP contribution in [0, 0.1) is 0 Å². The van der Waals surface area contributed by atoms with Gasteiger partial charge in [0.2, 0.25) is 0 Å². The molecule has 0 N–H and O–H groups in total. The molecule has 0 spiro atoms. The second kappa shape index (κ2) is 8.16. The number of likely N-dealkylation sites (N-methyl/N-ethyl adjacent to an activating group) is 1. The van der Waals surface area contributed by atoms with Crippen LogP contribution in [0.2, 0.25) is 0 Å². The van der Waals surface area contributed by atoms with Crippen molar-refractivity contribution >= 4 is 32.6 Å². The number of carbonyl (C=O) groups excluding carboxylic acids is 1. The van der Waals surface area contributed by atoms with Crippen LogP contribution in [0.3, 0.4) is 0 Å². The van der Waals surface area contributed by atoms with Gasteiger partial charge >= 0.3 is 0 Å². The summed E-state index contributed by atoms with van der Waals surface area (Å²) in [5, 5.41) is 0.749. The van der Waals surface area contributed by atoms with Crippen LogP contribution in [0.15, 0.2) is 35.1 Å². The highest BCUT2D eigenvalue weighted by molar-refractivity contribution is 7.21. The summed E-state index contributed by atoms with van der Waals surface area (Å²) in [5.41, 5.74) is 1.55. The predicted molar refractivity (Wildman–Crippen MR) is 123 cm³/mol. The minimum absolute atomic E-state index is 0.0609. The maximum atomic E-state index is 13.2. The molecule has 1 saturated heterocycles. The molecule has 3 aromatic rings. The molecule has 0 unspecified atom stereocenters. The summed E-state index contributed by atoms with van der Waals surface area (Å²) in [4.78, 5) is 40.6. The molecule has 8 heteroatoms. The van der Waals surface area contributed by atoms with Gasteiger partial charge < -0.3 is 4.90 Å².